The zero-order chi connectivity index (χ0) is 14.2. The van der Waals surface area contributed by atoms with E-state index in [-0.39, 0.29) is 12.4 Å². The molecular weight excluding hydrogens is 252 g/mol. The van der Waals surface area contributed by atoms with Gasteiger partial charge in [0.2, 0.25) is 0 Å². The molecule has 0 radical (unpaired) electrons. The normalized spacial score (nSPS) is 25.9. The fourth-order valence-electron chi connectivity index (χ4n) is 3.21. The first-order valence-electron chi connectivity index (χ1n) is 7.98. The first kappa shape index (κ1) is 15.6. The summed E-state index contributed by atoms with van der Waals surface area (Å²) in [4.78, 5) is 0. The second kappa shape index (κ2) is 8.48. The first-order valence-corrected chi connectivity index (χ1v) is 7.98. The Kier molecular flexibility index (Phi) is 6.61. The molecule has 3 heteroatoms. The minimum Gasteiger partial charge on any atom is -0.497 e. The first-order chi connectivity index (χ1) is 9.81. The van der Waals surface area contributed by atoms with Crippen molar-refractivity contribution in [2.75, 3.05) is 13.2 Å². The second-order valence-corrected chi connectivity index (χ2v) is 5.89. The Bertz CT molecular complexity index is 301. The molecule has 0 aromatic heterocycles. The van der Waals surface area contributed by atoms with Gasteiger partial charge < -0.3 is 14.2 Å². The zero-order valence-corrected chi connectivity index (χ0v) is 12.5. The Labute approximate surface area is 123 Å². The van der Waals surface area contributed by atoms with E-state index < -0.39 is 0 Å². The van der Waals surface area contributed by atoms with Gasteiger partial charge in [-0.2, -0.15) is 0 Å². The van der Waals surface area contributed by atoms with E-state index in [9.17, 15) is 0 Å². The Morgan fingerprint density at radius 3 is 2.55 bits per heavy atom. The third-order valence-corrected chi connectivity index (χ3v) is 4.30. The molecule has 3 nitrogen and oxygen atoms in total. The molecule has 0 aromatic rings. The summed E-state index contributed by atoms with van der Waals surface area (Å²) in [6.45, 7) is 9.09. The smallest absolute Gasteiger partial charge is 0.158 e. The molecule has 2 fully saturated rings. The van der Waals surface area contributed by atoms with Gasteiger partial charge in [-0.1, -0.05) is 32.4 Å². The number of rotatable bonds is 7. The molecule has 1 saturated heterocycles. The molecule has 0 bridgehead atoms. The van der Waals surface area contributed by atoms with Crippen LogP contribution in [0.4, 0.5) is 0 Å². The highest BCUT2D eigenvalue weighted by Crippen LogP contribution is 2.32. The van der Waals surface area contributed by atoms with Crippen LogP contribution < -0.4 is 0 Å². The van der Waals surface area contributed by atoms with Crippen molar-refractivity contribution in [2.45, 2.75) is 63.8 Å². The lowest BCUT2D eigenvalue weighted by atomic mass is 9.83. The number of ether oxygens (including phenoxy) is 3. The van der Waals surface area contributed by atoms with E-state index in [2.05, 4.69) is 13.2 Å². The predicted molar refractivity (Wildman–Crippen MR) is 80.3 cm³/mol. The van der Waals surface area contributed by atoms with Crippen molar-refractivity contribution in [3.05, 3.63) is 25.0 Å². The molecule has 0 aromatic carbocycles. The molecule has 20 heavy (non-hydrogen) atoms. The Morgan fingerprint density at radius 1 is 1.15 bits per heavy atom. The van der Waals surface area contributed by atoms with Crippen molar-refractivity contribution < 1.29 is 14.2 Å². The molecule has 2 unspecified atom stereocenters. The van der Waals surface area contributed by atoms with Gasteiger partial charge in [0.25, 0.3) is 0 Å². The van der Waals surface area contributed by atoms with Crippen LogP contribution in [0, 0.1) is 5.92 Å². The lowest BCUT2D eigenvalue weighted by Crippen LogP contribution is -2.35. The van der Waals surface area contributed by atoms with E-state index in [1.165, 1.54) is 44.8 Å². The summed E-state index contributed by atoms with van der Waals surface area (Å²) in [5, 5.41) is 0. The van der Waals surface area contributed by atoms with Crippen LogP contribution >= 0.6 is 0 Å². The molecule has 0 amide bonds. The van der Waals surface area contributed by atoms with Crippen LogP contribution in [0.1, 0.15) is 51.4 Å². The van der Waals surface area contributed by atoms with E-state index in [0.717, 1.165) is 25.0 Å². The summed E-state index contributed by atoms with van der Waals surface area (Å²) >= 11 is 0. The molecule has 0 spiro atoms. The molecule has 1 saturated carbocycles. The quantitative estimate of drug-likeness (QED) is 0.517. The van der Waals surface area contributed by atoms with Gasteiger partial charge in [0.1, 0.15) is 6.61 Å². The molecule has 1 heterocycles. The molecule has 0 N–H and O–H groups in total. The van der Waals surface area contributed by atoms with Gasteiger partial charge in [0, 0.05) is 6.61 Å². The summed E-state index contributed by atoms with van der Waals surface area (Å²) < 4.78 is 17.3. The van der Waals surface area contributed by atoms with Crippen molar-refractivity contribution >= 4 is 0 Å². The lowest BCUT2D eigenvalue weighted by molar-refractivity contribution is -0.192. The third-order valence-electron chi connectivity index (χ3n) is 4.30. The summed E-state index contributed by atoms with van der Waals surface area (Å²) in [5.74, 6) is 0.565. The summed E-state index contributed by atoms with van der Waals surface area (Å²) in [7, 11) is 0. The maximum atomic E-state index is 6.25. The van der Waals surface area contributed by atoms with Crippen molar-refractivity contribution in [2.24, 2.45) is 5.92 Å². The van der Waals surface area contributed by atoms with E-state index >= 15 is 0 Å². The van der Waals surface area contributed by atoms with Crippen LogP contribution in [0.25, 0.3) is 0 Å². The fourth-order valence-corrected chi connectivity index (χ4v) is 3.21. The van der Waals surface area contributed by atoms with E-state index in [4.69, 9.17) is 14.2 Å². The Balaban J connectivity index is 1.93. The maximum Gasteiger partial charge on any atom is 0.158 e. The molecule has 1 aliphatic heterocycles. The summed E-state index contributed by atoms with van der Waals surface area (Å²) in [6, 6.07) is 0. The maximum absolute atomic E-state index is 6.25. The van der Waals surface area contributed by atoms with Gasteiger partial charge in [-0.15, -0.1) is 0 Å². The van der Waals surface area contributed by atoms with E-state index in [0.29, 0.717) is 12.5 Å². The predicted octanol–water partition coefficient (Wildman–Crippen LogP) is 4.19. The van der Waals surface area contributed by atoms with E-state index in [1.54, 1.807) is 0 Å². The van der Waals surface area contributed by atoms with Crippen LogP contribution in [0.3, 0.4) is 0 Å². The number of hydrogen-bond acceptors (Lipinski definition) is 3. The topological polar surface area (TPSA) is 27.7 Å². The van der Waals surface area contributed by atoms with Crippen molar-refractivity contribution in [1.29, 1.82) is 0 Å². The fraction of sp³-hybridized carbons (Fsp3) is 0.765. The molecule has 2 rings (SSSR count). The van der Waals surface area contributed by atoms with Crippen LogP contribution in [-0.2, 0) is 14.2 Å². The van der Waals surface area contributed by atoms with Crippen LogP contribution in [0.15, 0.2) is 25.0 Å². The van der Waals surface area contributed by atoms with Gasteiger partial charge in [0.05, 0.1) is 12.4 Å². The van der Waals surface area contributed by atoms with Crippen molar-refractivity contribution in [3.63, 3.8) is 0 Å². The summed E-state index contributed by atoms with van der Waals surface area (Å²) in [5.41, 5.74) is 1.02. The number of hydrogen-bond donors (Lipinski definition) is 0. The molecule has 2 aliphatic rings. The van der Waals surface area contributed by atoms with Gasteiger partial charge in [-0.3, -0.25) is 0 Å². The molecule has 1 aliphatic carbocycles. The zero-order valence-electron chi connectivity index (χ0n) is 12.5. The standard InChI is InChI=1S/C17H28O3/c1-3-18-13-14(2)17(15-9-5-4-6-10-15)20-16-11-7-8-12-19-16/h3,15-17H,1-2,4-13H2. The van der Waals surface area contributed by atoms with Gasteiger partial charge in [0.15, 0.2) is 6.29 Å². The SMILES string of the molecule is C=COCC(=C)C(OC1CCCCO1)C1CCCCC1. The lowest BCUT2D eigenvalue weighted by Gasteiger charge is -2.35. The molecule has 2 atom stereocenters. The third kappa shape index (κ3) is 4.64. The molecule has 114 valence electrons. The van der Waals surface area contributed by atoms with Crippen molar-refractivity contribution in [3.8, 4) is 0 Å². The van der Waals surface area contributed by atoms with Crippen LogP contribution in [-0.4, -0.2) is 25.6 Å². The van der Waals surface area contributed by atoms with Crippen LogP contribution in [0.2, 0.25) is 0 Å². The Hall–Kier alpha value is -0.800. The highest BCUT2D eigenvalue weighted by Gasteiger charge is 2.30. The Morgan fingerprint density at radius 2 is 1.90 bits per heavy atom. The minimum absolute atomic E-state index is 0.0591. The van der Waals surface area contributed by atoms with Crippen LogP contribution in [0.5, 0.6) is 0 Å². The van der Waals surface area contributed by atoms with Gasteiger partial charge >= 0.3 is 0 Å². The van der Waals surface area contributed by atoms with Gasteiger partial charge in [-0.05, 0) is 43.6 Å². The highest BCUT2D eigenvalue weighted by atomic mass is 16.7. The minimum atomic E-state index is -0.0591. The second-order valence-electron chi connectivity index (χ2n) is 5.89. The van der Waals surface area contributed by atoms with E-state index in [1.807, 2.05) is 0 Å². The van der Waals surface area contributed by atoms with Gasteiger partial charge in [-0.25, -0.2) is 0 Å². The average molecular weight is 280 g/mol. The van der Waals surface area contributed by atoms with Crippen molar-refractivity contribution in [1.82, 2.24) is 0 Å². The molecular formula is C17H28O3. The summed E-state index contributed by atoms with van der Waals surface area (Å²) in [6.07, 6.45) is 11.2. The monoisotopic (exact) mass is 280 g/mol. The largest absolute Gasteiger partial charge is 0.497 e. The average Bonchev–Trinajstić information content (AvgIpc) is 2.52. The highest BCUT2D eigenvalue weighted by molar-refractivity contribution is 5.06.